The Morgan fingerprint density at radius 1 is 1.12 bits per heavy atom. The molecule has 0 aliphatic rings. The van der Waals surface area contributed by atoms with Gasteiger partial charge in [-0.2, -0.15) is 0 Å². The summed E-state index contributed by atoms with van der Waals surface area (Å²) >= 11 is 0. The highest BCUT2D eigenvalue weighted by Crippen LogP contribution is 2.33. The molecule has 0 spiro atoms. The van der Waals surface area contributed by atoms with Crippen molar-refractivity contribution in [3.63, 3.8) is 0 Å². The highest BCUT2D eigenvalue weighted by molar-refractivity contribution is 5.45. The third kappa shape index (κ3) is 3.74. The van der Waals surface area contributed by atoms with Crippen LogP contribution in [-0.4, -0.2) is 10.6 Å². The van der Waals surface area contributed by atoms with E-state index in [0.717, 1.165) is 17.5 Å². The normalized spacial score (nSPS) is 12.9. The van der Waals surface area contributed by atoms with Crippen molar-refractivity contribution in [3.05, 3.63) is 28.8 Å². The van der Waals surface area contributed by atoms with Gasteiger partial charge in [-0.1, -0.05) is 26.8 Å². The lowest BCUT2D eigenvalue weighted by Crippen LogP contribution is -2.34. The SMILES string of the molecule is Cc1cc(O)c(C(C)(C)C)cc1CC(C)(C)N. The van der Waals surface area contributed by atoms with E-state index in [1.165, 1.54) is 5.56 Å². The Kier molecular flexibility index (Phi) is 3.58. The van der Waals surface area contributed by atoms with E-state index in [0.29, 0.717) is 5.75 Å². The summed E-state index contributed by atoms with van der Waals surface area (Å²) in [5, 5.41) is 10.0. The fourth-order valence-corrected chi connectivity index (χ4v) is 2.02. The zero-order valence-electron chi connectivity index (χ0n) is 11.9. The van der Waals surface area contributed by atoms with Gasteiger partial charge in [-0.25, -0.2) is 0 Å². The van der Waals surface area contributed by atoms with Gasteiger partial charge in [0.25, 0.3) is 0 Å². The van der Waals surface area contributed by atoms with Crippen LogP contribution in [0.4, 0.5) is 0 Å². The molecule has 0 aliphatic heterocycles. The van der Waals surface area contributed by atoms with Crippen molar-refractivity contribution in [1.82, 2.24) is 0 Å². The summed E-state index contributed by atoms with van der Waals surface area (Å²) < 4.78 is 0. The first-order valence-corrected chi connectivity index (χ1v) is 6.12. The van der Waals surface area contributed by atoms with Crippen molar-refractivity contribution in [2.75, 3.05) is 0 Å². The van der Waals surface area contributed by atoms with Gasteiger partial charge in [-0.3, -0.25) is 0 Å². The molecule has 1 aromatic rings. The van der Waals surface area contributed by atoms with Crippen LogP contribution in [0.5, 0.6) is 5.75 Å². The fourth-order valence-electron chi connectivity index (χ4n) is 2.02. The Morgan fingerprint density at radius 3 is 2.06 bits per heavy atom. The second-order valence-electron chi connectivity index (χ2n) is 6.71. The molecule has 17 heavy (non-hydrogen) atoms. The van der Waals surface area contributed by atoms with Crippen LogP contribution in [0.25, 0.3) is 0 Å². The Bertz CT molecular complexity index is 408. The van der Waals surface area contributed by atoms with Crippen molar-refractivity contribution in [3.8, 4) is 5.75 Å². The molecule has 0 atom stereocenters. The molecule has 0 unspecified atom stereocenters. The van der Waals surface area contributed by atoms with Crippen LogP contribution >= 0.6 is 0 Å². The van der Waals surface area contributed by atoms with E-state index in [-0.39, 0.29) is 11.0 Å². The molecule has 3 N–H and O–H groups in total. The van der Waals surface area contributed by atoms with Crippen molar-refractivity contribution in [2.24, 2.45) is 5.73 Å². The average molecular weight is 235 g/mol. The minimum Gasteiger partial charge on any atom is -0.508 e. The van der Waals surface area contributed by atoms with Crippen LogP contribution in [-0.2, 0) is 11.8 Å². The molecule has 0 heterocycles. The first kappa shape index (κ1) is 14.0. The van der Waals surface area contributed by atoms with E-state index >= 15 is 0 Å². The smallest absolute Gasteiger partial charge is 0.119 e. The molecular weight excluding hydrogens is 210 g/mol. The van der Waals surface area contributed by atoms with E-state index < -0.39 is 0 Å². The second kappa shape index (κ2) is 4.34. The van der Waals surface area contributed by atoms with Crippen LogP contribution < -0.4 is 5.73 Å². The van der Waals surface area contributed by atoms with Gasteiger partial charge in [0.2, 0.25) is 0 Å². The van der Waals surface area contributed by atoms with E-state index in [1.807, 2.05) is 26.8 Å². The van der Waals surface area contributed by atoms with Crippen LogP contribution in [0.1, 0.15) is 51.3 Å². The molecule has 1 aromatic carbocycles. The largest absolute Gasteiger partial charge is 0.508 e. The number of hydrogen-bond donors (Lipinski definition) is 2. The van der Waals surface area contributed by atoms with Gasteiger partial charge in [0.15, 0.2) is 0 Å². The predicted molar refractivity (Wildman–Crippen MR) is 73.5 cm³/mol. The average Bonchev–Trinajstić information content (AvgIpc) is 2.05. The highest BCUT2D eigenvalue weighted by Gasteiger charge is 2.21. The molecule has 0 saturated carbocycles. The van der Waals surface area contributed by atoms with E-state index in [4.69, 9.17) is 5.73 Å². The highest BCUT2D eigenvalue weighted by atomic mass is 16.3. The van der Waals surface area contributed by atoms with Gasteiger partial charge in [0.1, 0.15) is 5.75 Å². The Labute approximate surface area is 105 Å². The van der Waals surface area contributed by atoms with Crippen LogP contribution in [0.2, 0.25) is 0 Å². The van der Waals surface area contributed by atoms with Crippen LogP contribution in [0, 0.1) is 6.92 Å². The predicted octanol–water partition coefficient (Wildman–Crippen LogP) is 3.28. The third-order valence-electron chi connectivity index (χ3n) is 2.91. The first-order chi connectivity index (χ1) is 7.50. The Hall–Kier alpha value is -1.02. The molecule has 96 valence electrons. The van der Waals surface area contributed by atoms with Crippen molar-refractivity contribution >= 4 is 0 Å². The molecule has 0 aliphatic carbocycles. The molecular formula is C15H25NO. The number of phenolic OH excluding ortho intramolecular Hbond substituents is 1. The zero-order valence-corrected chi connectivity index (χ0v) is 11.9. The lowest BCUT2D eigenvalue weighted by molar-refractivity contribution is 0.444. The number of aromatic hydroxyl groups is 1. The maximum Gasteiger partial charge on any atom is 0.119 e. The monoisotopic (exact) mass is 235 g/mol. The number of benzene rings is 1. The number of phenols is 1. The number of nitrogens with two attached hydrogens (primary N) is 1. The summed E-state index contributed by atoms with van der Waals surface area (Å²) in [6.45, 7) is 12.4. The molecule has 0 fully saturated rings. The summed E-state index contributed by atoms with van der Waals surface area (Å²) in [6, 6.07) is 3.95. The van der Waals surface area contributed by atoms with Gasteiger partial charge in [0.05, 0.1) is 0 Å². The van der Waals surface area contributed by atoms with Crippen molar-refractivity contribution in [2.45, 2.75) is 58.9 Å². The second-order valence-corrected chi connectivity index (χ2v) is 6.71. The molecule has 0 aromatic heterocycles. The van der Waals surface area contributed by atoms with Gasteiger partial charge in [-0.05, 0) is 55.4 Å². The molecule has 2 nitrogen and oxygen atoms in total. The molecule has 1 rings (SSSR count). The van der Waals surface area contributed by atoms with Crippen molar-refractivity contribution in [1.29, 1.82) is 0 Å². The maximum absolute atomic E-state index is 10.0. The standard InChI is InChI=1S/C15H25NO/c1-10-7-13(17)12(14(2,3)4)8-11(10)9-15(5,6)16/h7-8,17H,9,16H2,1-6H3. The summed E-state index contributed by atoms with van der Waals surface area (Å²) in [5.41, 5.74) is 9.11. The lowest BCUT2D eigenvalue weighted by atomic mass is 9.82. The van der Waals surface area contributed by atoms with Crippen molar-refractivity contribution < 1.29 is 5.11 Å². The number of aryl methyl sites for hydroxylation is 1. The van der Waals surface area contributed by atoms with Crippen LogP contribution in [0.3, 0.4) is 0 Å². The maximum atomic E-state index is 10.0. The van der Waals surface area contributed by atoms with Gasteiger partial charge >= 0.3 is 0 Å². The molecule has 0 bridgehead atoms. The summed E-state index contributed by atoms with van der Waals surface area (Å²) in [7, 11) is 0. The van der Waals surface area contributed by atoms with Gasteiger partial charge in [-0.15, -0.1) is 0 Å². The minimum absolute atomic E-state index is 0.0503. The van der Waals surface area contributed by atoms with E-state index in [2.05, 4.69) is 26.8 Å². The van der Waals surface area contributed by atoms with Gasteiger partial charge in [0, 0.05) is 5.54 Å². The Morgan fingerprint density at radius 2 is 1.65 bits per heavy atom. The molecule has 2 heteroatoms. The quantitative estimate of drug-likeness (QED) is 0.826. The summed E-state index contributed by atoms with van der Waals surface area (Å²) in [5.74, 6) is 0.383. The minimum atomic E-state index is -0.225. The number of hydrogen-bond acceptors (Lipinski definition) is 2. The Balaban J connectivity index is 3.25. The van der Waals surface area contributed by atoms with E-state index in [9.17, 15) is 5.11 Å². The summed E-state index contributed by atoms with van der Waals surface area (Å²) in [4.78, 5) is 0. The molecule has 0 radical (unpaired) electrons. The van der Waals surface area contributed by atoms with Crippen LogP contribution in [0.15, 0.2) is 12.1 Å². The first-order valence-electron chi connectivity index (χ1n) is 6.12. The van der Waals surface area contributed by atoms with Gasteiger partial charge < -0.3 is 10.8 Å². The van der Waals surface area contributed by atoms with E-state index in [1.54, 1.807) is 0 Å². The zero-order chi connectivity index (χ0) is 13.4. The topological polar surface area (TPSA) is 46.2 Å². The third-order valence-corrected chi connectivity index (χ3v) is 2.91. The fraction of sp³-hybridized carbons (Fsp3) is 0.600. The summed E-state index contributed by atoms with van der Waals surface area (Å²) in [6.07, 6.45) is 0.822. The number of rotatable bonds is 2. The molecule has 0 saturated heterocycles. The molecule has 0 amide bonds. The lowest BCUT2D eigenvalue weighted by Gasteiger charge is -2.25.